The molecule has 25 heavy (non-hydrogen) atoms. The molecule has 0 aromatic heterocycles. The van der Waals surface area contributed by atoms with Crippen molar-refractivity contribution in [3.63, 3.8) is 0 Å². The summed E-state index contributed by atoms with van der Waals surface area (Å²) < 4.78 is 0. The van der Waals surface area contributed by atoms with Crippen molar-refractivity contribution in [2.24, 2.45) is 0 Å². The highest BCUT2D eigenvalue weighted by Crippen LogP contribution is 2.03. The minimum atomic E-state index is -0.849. The molecular formula is C17H24N4O4. The SMILES string of the molecule is CCNC(=O)CNC(=O)C(Cc1ccccc1)NC(=O)CNC(C)=O. The van der Waals surface area contributed by atoms with Gasteiger partial charge in [0, 0.05) is 19.9 Å². The van der Waals surface area contributed by atoms with Crippen molar-refractivity contribution in [1.82, 2.24) is 21.3 Å². The van der Waals surface area contributed by atoms with E-state index in [-0.39, 0.29) is 31.3 Å². The van der Waals surface area contributed by atoms with Gasteiger partial charge in [-0.15, -0.1) is 0 Å². The second kappa shape index (κ2) is 10.8. The van der Waals surface area contributed by atoms with Gasteiger partial charge in [-0.2, -0.15) is 0 Å². The molecule has 8 nitrogen and oxygen atoms in total. The second-order valence-electron chi connectivity index (χ2n) is 5.39. The molecule has 0 bridgehead atoms. The normalized spacial score (nSPS) is 11.1. The molecule has 0 spiro atoms. The van der Waals surface area contributed by atoms with E-state index in [4.69, 9.17) is 0 Å². The summed E-state index contributed by atoms with van der Waals surface area (Å²) in [6, 6.07) is 8.34. The van der Waals surface area contributed by atoms with Crippen LogP contribution < -0.4 is 21.3 Å². The van der Waals surface area contributed by atoms with E-state index in [1.54, 1.807) is 6.92 Å². The van der Waals surface area contributed by atoms with Gasteiger partial charge in [-0.1, -0.05) is 30.3 Å². The van der Waals surface area contributed by atoms with E-state index < -0.39 is 17.9 Å². The zero-order valence-electron chi connectivity index (χ0n) is 14.4. The number of rotatable bonds is 9. The highest BCUT2D eigenvalue weighted by atomic mass is 16.2. The third-order valence-electron chi connectivity index (χ3n) is 3.23. The van der Waals surface area contributed by atoms with Gasteiger partial charge in [0.2, 0.25) is 23.6 Å². The fourth-order valence-corrected chi connectivity index (χ4v) is 2.06. The van der Waals surface area contributed by atoms with Gasteiger partial charge < -0.3 is 21.3 Å². The standard InChI is InChI=1S/C17H24N4O4/c1-3-18-15(23)10-20-17(25)14(9-13-7-5-4-6-8-13)21-16(24)11-19-12(2)22/h4-8,14H,3,9-11H2,1-2H3,(H,18,23)(H,19,22)(H,20,25)(H,21,24). The average Bonchev–Trinajstić information content (AvgIpc) is 2.58. The first-order valence-corrected chi connectivity index (χ1v) is 8.04. The maximum absolute atomic E-state index is 12.3. The first-order valence-electron chi connectivity index (χ1n) is 8.04. The molecule has 8 heteroatoms. The van der Waals surface area contributed by atoms with Gasteiger partial charge in [0.1, 0.15) is 6.04 Å². The number of nitrogens with one attached hydrogen (secondary N) is 4. The maximum atomic E-state index is 12.3. The molecule has 0 saturated carbocycles. The van der Waals surface area contributed by atoms with Crippen LogP contribution in [0.3, 0.4) is 0 Å². The van der Waals surface area contributed by atoms with Gasteiger partial charge in [0.15, 0.2) is 0 Å². The fourth-order valence-electron chi connectivity index (χ4n) is 2.06. The number of carbonyl (C=O) groups is 4. The molecule has 0 aliphatic heterocycles. The summed E-state index contributed by atoms with van der Waals surface area (Å²) in [4.78, 5) is 46.6. The Labute approximate surface area is 146 Å². The Kier molecular flexibility index (Phi) is 8.70. The van der Waals surface area contributed by atoms with Crippen LogP contribution in [0.15, 0.2) is 30.3 Å². The Morgan fingerprint density at radius 2 is 1.56 bits per heavy atom. The maximum Gasteiger partial charge on any atom is 0.243 e. The summed E-state index contributed by atoms with van der Waals surface area (Å²) in [6.07, 6.45) is 0.272. The van der Waals surface area contributed by atoms with Crippen molar-refractivity contribution >= 4 is 23.6 Å². The van der Waals surface area contributed by atoms with Crippen LogP contribution in [0.2, 0.25) is 0 Å². The van der Waals surface area contributed by atoms with Gasteiger partial charge >= 0.3 is 0 Å². The van der Waals surface area contributed by atoms with Crippen molar-refractivity contribution in [2.45, 2.75) is 26.3 Å². The Morgan fingerprint density at radius 3 is 2.16 bits per heavy atom. The van der Waals surface area contributed by atoms with Crippen LogP contribution in [0.4, 0.5) is 0 Å². The largest absolute Gasteiger partial charge is 0.355 e. The monoisotopic (exact) mass is 348 g/mol. The van der Waals surface area contributed by atoms with Gasteiger partial charge in [0.05, 0.1) is 13.1 Å². The molecule has 4 amide bonds. The first kappa shape index (κ1) is 20.1. The van der Waals surface area contributed by atoms with Gasteiger partial charge in [0.25, 0.3) is 0 Å². The summed E-state index contributed by atoms with van der Waals surface area (Å²) in [5.41, 5.74) is 0.862. The van der Waals surface area contributed by atoms with E-state index in [2.05, 4.69) is 21.3 Å². The van der Waals surface area contributed by atoms with Crippen LogP contribution in [-0.4, -0.2) is 49.3 Å². The number of amides is 4. The molecule has 0 radical (unpaired) electrons. The number of hydrogen-bond donors (Lipinski definition) is 4. The average molecular weight is 348 g/mol. The molecule has 0 aliphatic carbocycles. The Balaban J connectivity index is 2.69. The van der Waals surface area contributed by atoms with Gasteiger partial charge in [-0.05, 0) is 12.5 Å². The van der Waals surface area contributed by atoms with E-state index in [9.17, 15) is 19.2 Å². The van der Waals surface area contributed by atoms with Crippen molar-refractivity contribution in [1.29, 1.82) is 0 Å². The smallest absolute Gasteiger partial charge is 0.243 e. The van der Waals surface area contributed by atoms with Gasteiger partial charge in [-0.3, -0.25) is 19.2 Å². The molecule has 0 heterocycles. The lowest BCUT2D eigenvalue weighted by Crippen LogP contribution is -2.51. The second-order valence-corrected chi connectivity index (χ2v) is 5.39. The van der Waals surface area contributed by atoms with Gasteiger partial charge in [-0.25, -0.2) is 0 Å². The van der Waals surface area contributed by atoms with Crippen molar-refractivity contribution < 1.29 is 19.2 Å². The summed E-state index contributed by atoms with van der Waals surface area (Å²) in [6.45, 7) is 3.16. The summed E-state index contributed by atoms with van der Waals surface area (Å²) in [5.74, 6) is -1.59. The summed E-state index contributed by atoms with van der Waals surface area (Å²) in [5, 5.41) is 10.0. The number of benzene rings is 1. The predicted molar refractivity (Wildman–Crippen MR) is 92.5 cm³/mol. The van der Waals surface area contributed by atoms with Crippen LogP contribution >= 0.6 is 0 Å². The third-order valence-corrected chi connectivity index (χ3v) is 3.23. The molecule has 136 valence electrons. The zero-order valence-corrected chi connectivity index (χ0v) is 14.4. The van der Waals surface area contributed by atoms with Crippen LogP contribution in [0.5, 0.6) is 0 Å². The topological polar surface area (TPSA) is 116 Å². The molecular weight excluding hydrogens is 324 g/mol. The van der Waals surface area contributed by atoms with Crippen LogP contribution in [0, 0.1) is 0 Å². The van der Waals surface area contributed by atoms with Crippen molar-refractivity contribution in [3.05, 3.63) is 35.9 Å². The minimum absolute atomic E-state index is 0.167. The van der Waals surface area contributed by atoms with Crippen molar-refractivity contribution in [2.75, 3.05) is 19.6 Å². The van der Waals surface area contributed by atoms with Crippen LogP contribution in [0.25, 0.3) is 0 Å². The van der Waals surface area contributed by atoms with E-state index in [0.29, 0.717) is 6.54 Å². The highest BCUT2D eigenvalue weighted by Gasteiger charge is 2.21. The molecule has 1 rings (SSSR count). The third kappa shape index (κ3) is 8.50. The molecule has 4 N–H and O–H groups in total. The minimum Gasteiger partial charge on any atom is -0.355 e. The molecule has 1 unspecified atom stereocenters. The highest BCUT2D eigenvalue weighted by molar-refractivity contribution is 5.92. The number of carbonyl (C=O) groups excluding carboxylic acids is 4. The fraction of sp³-hybridized carbons (Fsp3) is 0.412. The summed E-state index contributed by atoms with van der Waals surface area (Å²) in [7, 11) is 0. The van der Waals surface area contributed by atoms with Crippen LogP contribution in [-0.2, 0) is 25.6 Å². The Hall–Kier alpha value is -2.90. The Morgan fingerprint density at radius 1 is 0.920 bits per heavy atom. The molecule has 0 saturated heterocycles. The van der Waals surface area contributed by atoms with E-state index >= 15 is 0 Å². The number of likely N-dealkylation sites (N-methyl/N-ethyl adjacent to an activating group) is 1. The molecule has 1 aromatic carbocycles. The lowest BCUT2D eigenvalue weighted by Gasteiger charge is -2.18. The van der Waals surface area contributed by atoms with Crippen molar-refractivity contribution in [3.8, 4) is 0 Å². The van der Waals surface area contributed by atoms with E-state index in [0.717, 1.165) is 5.56 Å². The predicted octanol–water partition coefficient (Wildman–Crippen LogP) is -0.898. The van der Waals surface area contributed by atoms with E-state index in [1.807, 2.05) is 30.3 Å². The lowest BCUT2D eigenvalue weighted by molar-refractivity contribution is -0.130. The zero-order chi connectivity index (χ0) is 18.7. The lowest BCUT2D eigenvalue weighted by atomic mass is 10.1. The molecule has 1 atom stereocenters. The molecule has 1 aromatic rings. The van der Waals surface area contributed by atoms with Crippen LogP contribution in [0.1, 0.15) is 19.4 Å². The quantitative estimate of drug-likeness (QED) is 0.463. The number of hydrogen-bond acceptors (Lipinski definition) is 4. The Bertz CT molecular complexity index is 604. The summed E-state index contributed by atoms with van der Waals surface area (Å²) >= 11 is 0. The van der Waals surface area contributed by atoms with E-state index in [1.165, 1.54) is 6.92 Å². The first-order chi connectivity index (χ1) is 11.9. The molecule has 0 fully saturated rings. The molecule has 0 aliphatic rings.